The normalized spacial score (nSPS) is 12.8. The number of aromatic nitrogens is 1. The molecule has 0 fully saturated rings. The van der Waals surface area contributed by atoms with Gasteiger partial charge in [0.15, 0.2) is 0 Å². The van der Waals surface area contributed by atoms with Crippen molar-refractivity contribution in [3.63, 3.8) is 0 Å². The van der Waals surface area contributed by atoms with Gasteiger partial charge in [-0.1, -0.05) is 206 Å². The lowest BCUT2D eigenvalue weighted by atomic mass is 9.67. The zero-order valence-electron chi connectivity index (χ0n) is 37.1. The standard InChI is InChI=1S/C65H42N2S/c1-4-20-45(21-5-1)65(46-22-6-2-7-23-46)57-31-15-12-28-51(57)52-38-36-44(41-58(52)65)49-26-13-16-32-59(49)67(61-34-18-30-55-56-39-35-43-19-10-11-27-50(43)63(56)68-64(55)61)48-37-40-54-53-29-14-17-33-60(53)66(62(54)42-48)47-24-8-3-9-25-47/h1-42H. The maximum Gasteiger partial charge on any atom is 0.0713 e. The lowest BCUT2D eigenvalue weighted by Crippen LogP contribution is -2.28. The lowest BCUT2D eigenvalue weighted by Gasteiger charge is -2.34. The number of hydrogen-bond acceptors (Lipinski definition) is 2. The molecule has 2 aromatic heterocycles. The molecule has 0 N–H and O–H groups in total. The van der Waals surface area contributed by atoms with Crippen LogP contribution in [0.1, 0.15) is 22.3 Å². The Morgan fingerprint density at radius 1 is 0.353 bits per heavy atom. The van der Waals surface area contributed by atoms with E-state index in [4.69, 9.17) is 0 Å². The largest absolute Gasteiger partial charge is 0.309 e. The topological polar surface area (TPSA) is 8.17 Å². The molecular weight excluding hydrogens is 841 g/mol. The third kappa shape index (κ3) is 5.63. The van der Waals surface area contributed by atoms with Gasteiger partial charge in [-0.15, -0.1) is 11.3 Å². The van der Waals surface area contributed by atoms with Gasteiger partial charge in [0.05, 0.1) is 32.5 Å². The van der Waals surface area contributed by atoms with Gasteiger partial charge < -0.3 is 9.47 Å². The summed E-state index contributed by atoms with van der Waals surface area (Å²) in [6, 6.07) is 94.4. The Labute approximate surface area is 398 Å². The van der Waals surface area contributed by atoms with Gasteiger partial charge in [0.1, 0.15) is 0 Å². The van der Waals surface area contributed by atoms with Gasteiger partial charge in [0.25, 0.3) is 0 Å². The van der Waals surface area contributed by atoms with Gasteiger partial charge in [-0.25, -0.2) is 0 Å². The lowest BCUT2D eigenvalue weighted by molar-refractivity contribution is 0.769. The molecule has 13 aromatic rings. The molecule has 11 aromatic carbocycles. The zero-order valence-corrected chi connectivity index (χ0v) is 37.9. The number of thiophene rings is 1. The molecule has 0 radical (unpaired) electrons. The smallest absolute Gasteiger partial charge is 0.0713 e. The second-order valence-electron chi connectivity index (χ2n) is 17.9. The second kappa shape index (κ2) is 15.3. The first-order valence-corrected chi connectivity index (χ1v) is 24.2. The van der Waals surface area contributed by atoms with Gasteiger partial charge in [0.2, 0.25) is 0 Å². The second-order valence-corrected chi connectivity index (χ2v) is 19.0. The first-order valence-electron chi connectivity index (χ1n) is 23.4. The molecule has 0 atom stereocenters. The molecular formula is C65H42N2S. The molecule has 0 aliphatic heterocycles. The highest BCUT2D eigenvalue weighted by molar-refractivity contribution is 7.27. The summed E-state index contributed by atoms with van der Waals surface area (Å²) in [7, 11) is 0. The fourth-order valence-corrected chi connectivity index (χ4v) is 12.9. The van der Waals surface area contributed by atoms with E-state index in [9.17, 15) is 0 Å². The van der Waals surface area contributed by atoms with Crippen molar-refractivity contribution in [1.29, 1.82) is 0 Å². The van der Waals surface area contributed by atoms with Gasteiger partial charge in [-0.3, -0.25) is 0 Å². The number of benzene rings is 11. The number of para-hydroxylation sites is 3. The van der Waals surface area contributed by atoms with E-state index >= 15 is 0 Å². The molecule has 318 valence electrons. The van der Waals surface area contributed by atoms with E-state index in [1.807, 2.05) is 11.3 Å². The Kier molecular flexibility index (Phi) is 8.71. The molecule has 1 aliphatic carbocycles. The predicted octanol–water partition coefficient (Wildman–Crippen LogP) is 17.8. The average Bonchev–Trinajstić information content (AvgIpc) is 4.06. The van der Waals surface area contributed by atoms with Crippen molar-refractivity contribution in [2.24, 2.45) is 0 Å². The van der Waals surface area contributed by atoms with E-state index in [0.717, 1.165) is 33.8 Å². The van der Waals surface area contributed by atoms with Gasteiger partial charge in [-0.2, -0.15) is 0 Å². The minimum Gasteiger partial charge on any atom is -0.309 e. The molecule has 2 nitrogen and oxygen atoms in total. The highest BCUT2D eigenvalue weighted by Gasteiger charge is 2.46. The minimum absolute atomic E-state index is 0.513. The highest BCUT2D eigenvalue weighted by Crippen LogP contribution is 2.57. The maximum atomic E-state index is 2.53. The summed E-state index contributed by atoms with van der Waals surface area (Å²) >= 11 is 1.90. The molecule has 14 rings (SSSR count). The van der Waals surface area contributed by atoms with Crippen LogP contribution in [0, 0.1) is 0 Å². The Morgan fingerprint density at radius 3 is 1.75 bits per heavy atom. The SMILES string of the molecule is c1ccc(-n2c3ccccc3c3ccc(N(c4ccccc4-c4ccc5c(c4)C(c4ccccc4)(c4ccccc4)c4ccccc4-5)c4cccc5c4sc4c6ccccc6ccc54)cc32)cc1. The predicted molar refractivity (Wildman–Crippen MR) is 289 cm³/mol. The van der Waals surface area contributed by atoms with Crippen LogP contribution in [-0.4, -0.2) is 4.57 Å². The molecule has 1 aliphatic rings. The summed E-state index contributed by atoms with van der Waals surface area (Å²) in [5, 5.41) is 7.57. The fourth-order valence-electron chi connectivity index (χ4n) is 11.6. The average molecular weight is 883 g/mol. The number of fused-ring (bicyclic) bond motifs is 11. The first kappa shape index (κ1) is 38.7. The molecule has 0 spiro atoms. The Balaban J connectivity index is 1.05. The zero-order chi connectivity index (χ0) is 44.8. The molecule has 0 unspecified atom stereocenters. The Hall–Kier alpha value is -8.50. The molecule has 3 heteroatoms. The summed E-state index contributed by atoms with van der Waals surface area (Å²) in [5.41, 5.74) is 16.3. The highest BCUT2D eigenvalue weighted by atomic mass is 32.1. The van der Waals surface area contributed by atoms with Crippen molar-refractivity contribution in [2.45, 2.75) is 5.41 Å². The minimum atomic E-state index is -0.513. The van der Waals surface area contributed by atoms with Gasteiger partial charge >= 0.3 is 0 Å². The summed E-state index contributed by atoms with van der Waals surface area (Å²) in [6.45, 7) is 0. The summed E-state index contributed by atoms with van der Waals surface area (Å²) in [5.74, 6) is 0. The van der Waals surface area contributed by atoms with E-state index in [2.05, 4.69) is 264 Å². The number of nitrogens with zero attached hydrogens (tertiary/aromatic N) is 2. The van der Waals surface area contributed by atoms with E-state index < -0.39 is 5.41 Å². The Bertz CT molecular complexity index is 4050. The van der Waals surface area contributed by atoms with Crippen molar-refractivity contribution in [2.75, 3.05) is 4.90 Å². The Morgan fingerprint density at radius 2 is 0.941 bits per heavy atom. The van der Waals surface area contributed by atoms with Crippen molar-refractivity contribution in [3.8, 4) is 27.9 Å². The van der Waals surface area contributed by atoms with Crippen LogP contribution in [0.3, 0.4) is 0 Å². The van der Waals surface area contributed by atoms with E-state index in [-0.39, 0.29) is 0 Å². The van der Waals surface area contributed by atoms with E-state index in [1.54, 1.807) is 0 Å². The van der Waals surface area contributed by atoms with Crippen molar-refractivity contribution < 1.29 is 0 Å². The summed E-state index contributed by atoms with van der Waals surface area (Å²) < 4.78 is 5.00. The third-order valence-electron chi connectivity index (χ3n) is 14.5. The molecule has 2 heterocycles. The third-order valence-corrected chi connectivity index (χ3v) is 15.7. The molecule has 0 amide bonds. The number of hydrogen-bond donors (Lipinski definition) is 0. The molecule has 0 bridgehead atoms. The molecule has 0 saturated carbocycles. The quantitative estimate of drug-likeness (QED) is 0.155. The van der Waals surface area contributed by atoms with E-state index in [0.29, 0.717) is 0 Å². The summed E-state index contributed by atoms with van der Waals surface area (Å²) in [4.78, 5) is 2.53. The van der Waals surface area contributed by atoms with Crippen molar-refractivity contribution in [3.05, 3.63) is 277 Å². The first-order chi connectivity index (χ1) is 33.8. The van der Waals surface area contributed by atoms with Crippen LogP contribution in [0.25, 0.3) is 80.7 Å². The van der Waals surface area contributed by atoms with Crippen LogP contribution in [0.5, 0.6) is 0 Å². The van der Waals surface area contributed by atoms with Crippen LogP contribution < -0.4 is 4.90 Å². The van der Waals surface area contributed by atoms with Gasteiger partial charge in [0, 0.05) is 43.2 Å². The van der Waals surface area contributed by atoms with Crippen LogP contribution >= 0.6 is 11.3 Å². The maximum absolute atomic E-state index is 2.53. The van der Waals surface area contributed by atoms with Crippen molar-refractivity contribution >= 4 is 81.1 Å². The molecule has 0 saturated heterocycles. The fraction of sp³-hybridized carbons (Fsp3) is 0.0154. The van der Waals surface area contributed by atoms with E-state index in [1.165, 1.54) is 86.2 Å². The number of rotatable bonds is 7. The number of anilines is 3. The van der Waals surface area contributed by atoms with Crippen molar-refractivity contribution in [1.82, 2.24) is 4.57 Å². The molecule has 68 heavy (non-hydrogen) atoms. The summed E-state index contributed by atoms with van der Waals surface area (Å²) in [6.07, 6.45) is 0. The van der Waals surface area contributed by atoms with Crippen LogP contribution in [0.15, 0.2) is 255 Å². The van der Waals surface area contributed by atoms with Gasteiger partial charge in [-0.05, 0) is 98.2 Å². The monoisotopic (exact) mass is 882 g/mol. The van der Waals surface area contributed by atoms with Crippen LogP contribution in [0.4, 0.5) is 17.1 Å². The van der Waals surface area contributed by atoms with Crippen LogP contribution in [0.2, 0.25) is 0 Å². The van der Waals surface area contributed by atoms with Crippen LogP contribution in [-0.2, 0) is 5.41 Å².